The molecule has 0 spiro atoms. The zero-order valence-corrected chi connectivity index (χ0v) is 11.2. The molecule has 5 heteroatoms. The molecule has 102 valence electrons. The third-order valence-corrected chi connectivity index (χ3v) is 4.59. The van der Waals surface area contributed by atoms with Gasteiger partial charge in [0.05, 0.1) is 5.92 Å². The first kappa shape index (κ1) is 13.9. The van der Waals surface area contributed by atoms with Crippen molar-refractivity contribution in [3.8, 4) is 0 Å². The first-order valence-corrected chi connectivity index (χ1v) is 7.23. The Hall–Kier alpha value is -0.550. The minimum Gasteiger partial charge on any atom is -0.310 e. The number of thiophene rings is 1. The Labute approximate surface area is 109 Å². The van der Waals surface area contributed by atoms with E-state index in [1.807, 2.05) is 6.92 Å². The van der Waals surface area contributed by atoms with Crippen LogP contribution in [0.1, 0.15) is 36.8 Å². The van der Waals surface area contributed by atoms with E-state index >= 15 is 0 Å². The van der Waals surface area contributed by atoms with Gasteiger partial charge < -0.3 is 5.32 Å². The highest BCUT2D eigenvalue weighted by molar-refractivity contribution is 7.08. The van der Waals surface area contributed by atoms with Crippen molar-refractivity contribution < 1.29 is 13.2 Å². The Morgan fingerprint density at radius 2 is 2.11 bits per heavy atom. The Morgan fingerprint density at radius 1 is 1.33 bits per heavy atom. The maximum absolute atomic E-state index is 12.7. The first-order valence-electron chi connectivity index (χ1n) is 6.28. The highest BCUT2D eigenvalue weighted by atomic mass is 32.1. The smallest absolute Gasteiger partial charge is 0.310 e. The van der Waals surface area contributed by atoms with Crippen LogP contribution >= 0.6 is 11.3 Å². The van der Waals surface area contributed by atoms with E-state index in [0.29, 0.717) is 19.4 Å². The summed E-state index contributed by atoms with van der Waals surface area (Å²) in [5, 5.41) is 7.40. The molecule has 1 aromatic rings. The van der Waals surface area contributed by atoms with E-state index in [2.05, 4.69) is 16.1 Å². The first-order chi connectivity index (χ1) is 8.47. The van der Waals surface area contributed by atoms with E-state index in [1.165, 1.54) is 11.1 Å². The van der Waals surface area contributed by atoms with Crippen LogP contribution in [0.5, 0.6) is 0 Å². The topological polar surface area (TPSA) is 12.0 Å². The number of nitrogens with one attached hydrogen (secondary N) is 1. The van der Waals surface area contributed by atoms with Crippen molar-refractivity contribution in [2.24, 2.45) is 5.92 Å². The predicted molar refractivity (Wildman–Crippen MR) is 67.7 cm³/mol. The van der Waals surface area contributed by atoms with Gasteiger partial charge in [0.15, 0.2) is 0 Å². The van der Waals surface area contributed by atoms with Crippen molar-refractivity contribution in [2.45, 2.75) is 51.4 Å². The summed E-state index contributed by atoms with van der Waals surface area (Å²) in [5.74, 6) is -1.12. The summed E-state index contributed by atoms with van der Waals surface area (Å²) in [6.45, 7) is 2.72. The van der Waals surface area contributed by atoms with Crippen LogP contribution in [-0.4, -0.2) is 12.2 Å². The van der Waals surface area contributed by atoms with Gasteiger partial charge in [0, 0.05) is 12.6 Å². The fourth-order valence-electron chi connectivity index (χ4n) is 2.49. The van der Waals surface area contributed by atoms with Gasteiger partial charge in [-0.1, -0.05) is 6.42 Å². The van der Waals surface area contributed by atoms with E-state index in [-0.39, 0.29) is 12.5 Å². The zero-order valence-electron chi connectivity index (χ0n) is 10.4. The fourth-order valence-corrected chi connectivity index (χ4v) is 3.35. The SMILES string of the molecule is Cc1cscc1CNC1CCCC(C(F)(F)F)C1. The van der Waals surface area contributed by atoms with E-state index in [1.54, 1.807) is 11.3 Å². The number of halogens is 3. The molecule has 2 unspecified atom stereocenters. The normalized spacial score (nSPS) is 25.3. The number of hydrogen-bond acceptors (Lipinski definition) is 2. The van der Waals surface area contributed by atoms with E-state index in [4.69, 9.17) is 0 Å². The Bertz CT molecular complexity index is 386. The van der Waals surface area contributed by atoms with Gasteiger partial charge >= 0.3 is 6.18 Å². The lowest BCUT2D eigenvalue weighted by molar-refractivity contribution is -0.183. The molecule has 18 heavy (non-hydrogen) atoms. The van der Waals surface area contributed by atoms with E-state index in [0.717, 1.165) is 6.42 Å². The van der Waals surface area contributed by atoms with Crippen LogP contribution in [0.15, 0.2) is 10.8 Å². The molecule has 0 saturated heterocycles. The zero-order chi connectivity index (χ0) is 13.2. The van der Waals surface area contributed by atoms with Crippen LogP contribution in [0.2, 0.25) is 0 Å². The molecule has 1 N–H and O–H groups in total. The quantitative estimate of drug-likeness (QED) is 0.870. The van der Waals surface area contributed by atoms with Crippen molar-refractivity contribution >= 4 is 11.3 Å². The van der Waals surface area contributed by atoms with Crippen LogP contribution in [0.3, 0.4) is 0 Å². The summed E-state index contributed by atoms with van der Waals surface area (Å²) in [5.41, 5.74) is 2.42. The van der Waals surface area contributed by atoms with Crippen LogP contribution in [0.25, 0.3) is 0 Å². The standard InChI is InChI=1S/C13H18F3NS/c1-9-7-18-8-10(9)6-17-12-4-2-3-11(5-12)13(14,15)16/h7-8,11-12,17H,2-6H2,1H3. The predicted octanol–water partition coefficient (Wildman–Crippen LogP) is 4.27. The van der Waals surface area contributed by atoms with Crippen molar-refractivity contribution in [2.75, 3.05) is 0 Å². The summed E-state index contributed by atoms with van der Waals surface area (Å²) in [7, 11) is 0. The fraction of sp³-hybridized carbons (Fsp3) is 0.692. The number of hydrogen-bond donors (Lipinski definition) is 1. The van der Waals surface area contributed by atoms with Gasteiger partial charge in [-0.15, -0.1) is 0 Å². The average molecular weight is 277 g/mol. The van der Waals surface area contributed by atoms with E-state index in [9.17, 15) is 13.2 Å². The van der Waals surface area contributed by atoms with Gasteiger partial charge in [-0.3, -0.25) is 0 Å². The third-order valence-electron chi connectivity index (χ3n) is 3.68. The molecule has 0 radical (unpaired) electrons. The molecular weight excluding hydrogens is 259 g/mol. The van der Waals surface area contributed by atoms with Crippen LogP contribution < -0.4 is 5.32 Å². The highest BCUT2D eigenvalue weighted by Crippen LogP contribution is 2.37. The van der Waals surface area contributed by atoms with Gasteiger partial charge in [0.2, 0.25) is 0 Å². The van der Waals surface area contributed by atoms with Crippen molar-refractivity contribution in [1.82, 2.24) is 5.32 Å². The summed E-state index contributed by atoms with van der Waals surface area (Å²) < 4.78 is 38.0. The lowest BCUT2D eigenvalue weighted by atomic mass is 9.85. The van der Waals surface area contributed by atoms with Crippen molar-refractivity contribution in [1.29, 1.82) is 0 Å². The molecule has 1 saturated carbocycles. The summed E-state index contributed by atoms with van der Waals surface area (Å²) in [6, 6.07) is 0.00433. The minimum atomic E-state index is -4.03. The molecule has 1 heterocycles. The van der Waals surface area contributed by atoms with E-state index < -0.39 is 12.1 Å². The van der Waals surface area contributed by atoms with Gasteiger partial charge in [-0.25, -0.2) is 0 Å². The largest absolute Gasteiger partial charge is 0.391 e. The Morgan fingerprint density at radius 3 is 2.72 bits per heavy atom. The Balaban J connectivity index is 1.85. The third kappa shape index (κ3) is 3.48. The Kier molecular flexibility index (Phi) is 4.33. The monoisotopic (exact) mass is 277 g/mol. The molecular formula is C13H18F3NS. The van der Waals surface area contributed by atoms with Crippen molar-refractivity contribution in [3.63, 3.8) is 0 Å². The molecule has 0 bridgehead atoms. The molecule has 0 aromatic carbocycles. The van der Waals surface area contributed by atoms with Crippen LogP contribution in [-0.2, 0) is 6.54 Å². The van der Waals surface area contributed by atoms with Crippen molar-refractivity contribution in [3.05, 3.63) is 21.9 Å². The molecule has 1 fully saturated rings. The maximum atomic E-state index is 12.7. The van der Waals surface area contributed by atoms with Gasteiger partial charge in [-0.2, -0.15) is 24.5 Å². The molecule has 1 aromatic heterocycles. The van der Waals surface area contributed by atoms with Gasteiger partial charge in [0.25, 0.3) is 0 Å². The molecule has 1 nitrogen and oxygen atoms in total. The summed E-state index contributed by atoms with van der Waals surface area (Å²) in [6.07, 6.45) is -1.98. The molecule has 2 rings (SSSR count). The average Bonchev–Trinajstić information content (AvgIpc) is 2.72. The highest BCUT2D eigenvalue weighted by Gasteiger charge is 2.41. The number of aryl methyl sites for hydroxylation is 1. The second kappa shape index (κ2) is 5.61. The van der Waals surface area contributed by atoms with Crippen LogP contribution in [0.4, 0.5) is 13.2 Å². The minimum absolute atomic E-state index is 0.00433. The van der Waals surface area contributed by atoms with Crippen LogP contribution in [0, 0.1) is 12.8 Å². The second-order valence-electron chi connectivity index (χ2n) is 5.06. The lowest BCUT2D eigenvalue weighted by Gasteiger charge is -2.31. The second-order valence-corrected chi connectivity index (χ2v) is 5.81. The molecule has 2 atom stereocenters. The number of alkyl halides is 3. The lowest BCUT2D eigenvalue weighted by Crippen LogP contribution is -2.38. The van der Waals surface area contributed by atoms with Gasteiger partial charge in [-0.05, 0) is 48.1 Å². The van der Waals surface area contributed by atoms with Gasteiger partial charge in [0.1, 0.15) is 0 Å². The molecule has 1 aliphatic carbocycles. The molecule has 0 aliphatic heterocycles. The maximum Gasteiger partial charge on any atom is 0.391 e. The summed E-state index contributed by atoms with van der Waals surface area (Å²) in [4.78, 5) is 0. The molecule has 0 amide bonds. The molecule has 1 aliphatic rings. The summed E-state index contributed by atoms with van der Waals surface area (Å²) >= 11 is 1.64. The number of rotatable bonds is 3.